The molecule has 1 aromatic rings. The van der Waals surface area contributed by atoms with Crippen LogP contribution in [0.5, 0.6) is 11.5 Å². The van der Waals surface area contributed by atoms with E-state index in [4.69, 9.17) is 9.47 Å². The molecule has 1 amide bonds. The van der Waals surface area contributed by atoms with Gasteiger partial charge < -0.3 is 14.4 Å². The minimum Gasteiger partial charge on any atom is -0.454 e. The first-order valence-corrected chi connectivity index (χ1v) is 8.57. The van der Waals surface area contributed by atoms with Crippen LogP contribution in [0.4, 0.5) is 0 Å². The zero-order valence-electron chi connectivity index (χ0n) is 14.1. The molecule has 1 fully saturated rings. The van der Waals surface area contributed by atoms with E-state index in [0.29, 0.717) is 12.7 Å². The summed E-state index contributed by atoms with van der Waals surface area (Å²) in [4.78, 5) is 16.8. The predicted octanol–water partition coefficient (Wildman–Crippen LogP) is 2.50. The van der Waals surface area contributed by atoms with Gasteiger partial charge in [-0.15, -0.1) is 0 Å². The highest BCUT2D eigenvalue weighted by atomic mass is 16.7. The summed E-state index contributed by atoms with van der Waals surface area (Å²) in [6.07, 6.45) is 2.05. The van der Waals surface area contributed by atoms with E-state index in [-0.39, 0.29) is 5.92 Å². The molecule has 1 aromatic carbocycles. The molecule has 5 heteroatoms. The van der Waals surface area contributed by atoms with Crippen LogP contribution in [0.25, 0.3) is 0 Å². The number of ether oxygens (including phenoxy) is 2. The standard InChI is InChI=1S/C18H26N2O3/c1-3-4-14(2)18(21)20-9-7-19(8-10-20)12-15-5-6-16-17(11-15)23-13-22-16/h5-6,11,14H,3-4,7-10,12-13H2,1-2H3/t14-/m0/s1. The number of rotatable bonds is 5. The second-order valence-corrected chi connectivity index (χ2v) is 6.48. The average molecular weight is 318 g/mol. The van der Waals surface area contributed by atoms with E-state index < -0.39 is 0 Å². The molecule has 0 saturated carbocycles. The Labute approximate surface area is 138 Å². The highest BCUT2D eigenvalue weighted by Gasteiger charge is 2.24. The van der Waals surface area contributed by atoms with Crippen LogP contribution in [0.1, 0.15) is 32.3 Å². The molecule has 0 bridgehead atoms. The van der Waals surface area contributed by atoms with Gasteiger partial charge in [0.05, 0.1) is 0 Å². The lowest BCUT2D eigenvalue weighted by Crippen LogP contribution is -2.49. The van der Waals surface area contributed by atoms with Crippen molar-refractivity contribution in [1.82, 2.24) is 9.80 Å². The van der Waals surface area contributed by atoms with Gasteiger partial charge in [-0.3, -0.25) is 9.69 Å². The molecule has 0 aromatic heterocycles. The van der Waals surface area contributed by atoms with Gasteiger partial charge in [0.15, 0.2) is 11.5 Å². The van der Waals surface area contributed by atoms with E-state index >= 15 is 0 Å². The van der Waals surface area contributed by atoms with Crippen molar-refractivity contribution in [1.29, 1.82) is 0 Å². The van der Waals surface area contributed by atoms with Crippen LogP contribution in [0.2, 0.25) is 0 Å². The number of hydrogen-bond donors (Lipinski definition) is 0. The van der Waals surface area contributed by atoms with Gasteiger partial charge in [0.2, 0.25) is 12.7 Å². The van der Waals surface area contributed by atoms with Crippen molar-refractivity contribution in [2.75, 3.05) is 33.0 Å². The van der Waals surface area contributed by atoms with Gasteiger partial charge in [0, 0.05) is 38.6 Å². The second-order valence-electron chi connectivity index (χ2n) is 6.48. The maximum Gasteiger partial charge on any atom is 0.231 e. The SMILES string of the molecule is CCC[C@H](C)C(=O)N1CCN(Cc2ccc3c(c2)OCO3)CC1. The normalized spacial score (nSPS) is 19.0. The molecule has 23 heavy (non-hydrogen) atoms. The van der Waals surface area contributed by atoms with E-state index in [9.17, 15) is 4.79 Å². The first-order valence-electron chi connectivity index (χ1n) is 8.57. The molecular weight excluding hydrogens is 292 g/mol. The van der Waals surface area contributed by atoms with E-state index in [0.717, 1.165) is 57.1 Å². The molecule has 2 heterocycles. The lowest BCUT2D eigenvalue weighted by molar-refractivity contribution is -0.137. The average Bonchev–Trinajstić information content (AvgIpc) is 3.03. The van der Waals surface area contributed by atoms with Crippen molar-refractivity contribution in [3.63, 3.8) is 0 Å². The largest absolute Gasteiger partial charge is 0.454 e. The Morgan fingerprint density at radius 3 is 2.65 bits per heavy atom. The zero-order valence-corrected chi connectivity index (χ0v) is 14.1. The van der Waals surface area contributed by atoms with Crippen LogP contribution in [0.3, 0.4) is 0 Å². The molecule has 1 saturated heterocycles. The number of hydrogen-bond acceptors (Lipinski definition) is 4. The molecule has 0 radical (unpaired) electrons. The zero-order chi connectivity index (χ0) is 16.2. The van der Waals surface area contributed by atoms with Crippen molar-refractivity contribution < 1.29 is 14.3 Å². The van der Waals surface area contributed by atoms with Crippen LogP contribution >= 0.6 is 0 Å². The van der Waals surface area contributed by atoms with Gasteiger partial charge in [-0.1, -0.05) is 26.3 Å². The Kier molecular flexibility index (Phi) is 5.06. The van der Waals surface area contributed by atoms with Crippen LogP contribution in [0, 0.1) is 5.92 Å². The number of carbonyl (C=O) groups excluding carboxylic acids is 1. The van der Waals surface area contributed by atoms with Gasteiger partial charge in [0.25, 0.3) is 0 Å². The number of fused-ring (bicyclic) bond motifs is 1. The predicted molar refractivity (Wildman–Crippen MR) is 88.5 cm³/mol. The molecule has 3 rings (SSSR count). The van der Waals surface area contributed by atoms with Crippen molar-refractivity contribution in [2.24, 2.45) is 5.92 Å². The van der Waals surface area contributed by atoms with Gasteiger partial charge in [-0.25, -0.2) is 0 Å². The lowest BCUT2D eigenvalue weighted by atomic mass is 10.0. The third-order valence-electron chi connectivity index (χ3n) is 4.67. The lowest BCUT2D eigenvalue weighted by Gasteiger charge is -2.36. The fraction of sp³-hybridized carbons (Fsp3) is 0.611. The van der Waals surface area contributed by atoms with Crippen molar-refractivity contribution in [3.8, 4) is 11.5 Å². The Morgan fingerprint density at radius 2 is 1.91 bits per heavy atom. The minimum absolute atomic E-state index is 0.153. The van der Waals surface area contributed by atoms with E-state index in [1.165, 1.54) is 5.56 Å². The Morgan fingerprint density at radius 1 is 1.17 bits per heavy atom. The number of piperazine rings is 1. The number of benzene rings is 1. The van der Waals surface area contributed by atoms with Crippen LogP contribution < -0.4 is 9.47 Å². The van der Waals surface area contributed by atoms with Crippen LogP contribution in [-0.4, -0.2) is 48.7 Å². The van der Waals surface area contributed by atoms with Gasteiger partial charge in [0.1, 0.15) is 0 Å². The molecule has 0 aliphatic carbocycles. The molecule has 2 aliphatic rings. The minimum atomic E-state index is 0.153. The summed E-state index contributed by atoms with van der Waals surface area (Å²) in [5.74, 6) is 2.13. The summed E-state index contributed by atoms with van der Waals surface area (Å²) in [5, 5.41) is 0. The Hall–Kier alpha value is -1.75. The maximum atomic E-state index is 12.4. The van der Waals surface area contributed by atoms with Gasteiger partial charge >= 0.3 is 0 Å². The summed E-state index contributed by atoms with van der Waals surface area (Å²) in [7, 11) is 0. The summed E-state index contributed by atoms with van der Waals surface area (Å²) in [6, 6.07) is 6.13. The molecule has 0 spiro atoms. The summed E-state index contributed by atoms with van der Waals surface area (Å²) < 4.78 is 10.8. The van der Waals surface area contributed by atoms with Gasteiger partial charge in [-0.2, -0.15) is 0 Å². The van der Waals surface area contributed by atoms with Crippen LogP contribution in [-0.2, 0) is 11.3 Å². The topological polar surface area (TPSA) is 42.0 Å². The van der Waals surface area contributed by atoms with Crippen molar-refractivity contribution in [2.45, 2.75) is 33.2 Å². The molecule has 2 aliphatic heterocycles. The summed E-state index contributed by atoms with van der Waals surface area (Å²) >= 11 is 0. The fourth-order valence-electron chi connectivity index (χ4n) is 3.29. The number of carbonyl (C=O) groups is 1. The quantitative estimate of drug-likeness (QED) is 0.836. The van der Waals surface area contributed by atoms with Crippen LogP contribution in [0.15, 0.2) is 18.2 Å². The summed E-state index contributed by atoms with van der Waals surface area (Å²) in [6.45, 7) is 8.91. The highest BCUT2D eigenvalue weighted by Crippen LogP contribution is 2.32. The Bertz CT molecular complexity index is 553. The first kappa shape index (κ1) is 16.1. The summed E-state index contributed by atoms with van der Waals surface area (Å²) in [5.41, 5.74) is 1.23. The van der Waals surface area contributed by atoms with E-state index in [1.54, 1.807) is 0 Å². The molecule has 0 N–H and O–H groups in total. The second kappa shape index (κ2) is 7.21. The fourth-order valence-corrected chi connectivity index (χ4v) is 3.29. The van der Waals surface area contributed by atoms with E-state index in [1.807, 2.05) is 17.9 Å². The molecule has 1 atom stereocenters. The van der Waals surface area contributed by atoms with Crippen molar-refractivity contribution in [3.05, 3.63) is 23.8 Å². The smallest absolute Gasteiger partial charge is 0.231 e. The molecule has 126 valence electrons. The van der Waals surface area contributed by atoms with E-state index in [2.05, 4.69) is 24.0 Å². The third-order valence-corrected chi connectivity index (χ3v) is 4.67. The first-order chi connectivity index (χ1) is 11.2. The third kappa shape index (κ3) is 3.78. The monoisotopic (exact) mass is 318 g/mol. The number of nitrogens with zero attached hydrogens (tertiary/aromatic N) is 2. The number of amides is 1. The maximum absolute atomic E-state index is 12.4. The van der Waals surface area contributed by atoms with Crippen molar-refractivity contribution >= 4 is 5.91 Å². The Balaban J connectivity index is 1.50. The molecular formula is C18H26N2O3. The highest BCUT2D eigenvalue weighted by molar-refractivity contribution is 5.78. The molecule has 5 nitrogen and oxygen atoms in total. The van der Waals surface area contributed by atoms with Gasteiger partial charge in [-0.05, 0) is 24.1 Å². The molecule has 0 unspecified atom stereocenters.